The van der Waals surface area contributed by atoms with Crippen LogP contribution in [0.25, 0.3) is 0 Å². The van der Waals surface area contributed by atoms with Gasteiger partial charge in [-0.05, 0) is 24.6 Å². The average Bonchev–Trinajstić information content (AvgIpc) is 2.61. The van der Waals surface area contributed by atoms with E-state index in [1.165, 1.54) is 6.07 Å². The second-order valence-electron chi connectivity index (χ2n) is 4.30. The van der Waals surface area contributed by atoms with E-state index in [1.807, 2.05) is 0 Å². The molecule has 0 spiro atoms. The predicted octanol–water partition coefficient (Wildman–Crippen LogP) is 0.460. The van der Waals surface area contributed by atoms with Crippen LogP contribution in [0.1, 0.15) is 12.8 Å². The summed E-state index contributed by atoms with van der Waals surface area (Å²) in [6.45, 7) is 0. The van der Waals surface area contributed by atoms with Gasteiger partial charge in [0.05, 0.1) is 10.6 Å². The fourth-order valence-corrected chi connectivity index (χ4v) is 3.51. The van der Waals surface area contributed by atoms with Gasteiger partial charge < -0.3 is 11.1 Å². The summed E-state index contributed by atoms with van der Waals surface area (Å²) in [5.41, 5.74) is 5.47. The summed E-state index contributed by atoms with van der Waals surface area (Å²) in [6.07, 6.45) is 0.800. The molecule has 1 aromatic rings. The molecule has 0 radical (unpaired) electrons. The van der Waals surface area contributed by atoms with E-state index in [4.69, 9.17) is 5.73 Å². The minimum atomic E-state index is -3.65. The van der Waals surface area contributed by atoms with Gasteiger partial charge in [0.1, 0.15) is 5.82 Å². The summed E-state index contributed by atoms with van der Waals surface area (Å²) < 4.78 is 37.2. The first kappa shape index (κ1) is 12.8. The Labute approximate surface area is 104 Å². The highest BCUT2D eigenvalue weighted by Gasteiger charge is 2.27. The van der Waals surface area contributed by atoms with Gasteiger partial charge in [-0.1, -0.05) is 0 Å². The molecule has 1 heterocycles. The number of anilines is 1. The minimum Gasteiger partial charge on any atom is -0.399 e. The molecule has 0 aliphatic carbocycles. The molecule has 1 amide bonds. The first-order valence-electron chi connectivity index (χ1n) is 5.45. The Morgan fingerprint density at radius 3 is 2.67 bits per heavy atom. The second-order valence-corrected chi connectivity index (χ2v) is 6.34. The molecule has 1 aromatic carbocycles. The molecule has 1 aliphatic heterocycles. The van der Waals surface area contributed by atoms with Crippen LogP contribution in [0.5, 0.6) is 0 Å². The quantitative estimate of drug-likeness (QED) is 0.782. The molecule has 18 heavy (non-hydrogen) atoms. The largest absolute Gasteiger partial charge is 0.399 e. The molecule has 1 unspecified atom stereocenters. The summed E-state index contributed by atoms with van der Waals surface area (Å²) in [7, 11) is -3.65. The number of carbonyl (C=O) groups is 1. The van der Waals surface area contributed by atoms with E-state index in [0.717, 1.165) is 12.1 Å². The van der Waals surface area contributed by atoms with E-state index in [0.29, 0.717) is 12.8 Å². The lowest BCUT2D eigenvalue weighted by atomic mass is 10.2. The maximum Gasteiger partial charge on any atom is 0.220 e. The van der Waals surface area contributed by atoms with Gasteiger partial charge in [-0.2, -0.15) is 0 Å². The van der Waals surface area contributed by atoms with Crippen molar-refractivity contribution in [2.75, 3.05) is 11.5 Å². The van der Waals surface area contributed by atoms with E-state index in [9.17, 15) is 17.6 Å². The Kier molecular flexibility index (Phi) is 3.25. The van der Waals surface area contributed by atoms with Gasteiger partial charge in [0, 0.05) is 18.2 Å². The van der Waals surface area contributed by atoms with E-state index >= 15 is 0 Å². The van der Waals surface area contributed by atoms with Crippen molar-refractivity contribution in [1.82, 2.24) is 5.32 Å². The van der Waals surface area contributed by atoms with Gasteiger partial charge in [-0.15, -0.1) is 0 Å². The van der Waals surface area contributed by atoms with E-state index < -0.39 is 21.7 Å². The molecular weight excluding hydrogens is 259 g/mol. The minimum absolute atomic E-state index is 0.0593. The number of hydrogen-bond acceptors (Lipinski definition) is 4. The smallest absolute Gasteiger partial charge is 0.220 e. The second kappa shape index (κ2) is 4.56. The molecule has 5 nitrogen and oxygen atoms in total. The Morgan fingerprint density at radius 1 is 1.39 bits per heavy atom. The number of hydrogen-bond donors (Lipinski definition) is 2. The summed E-state index contributed by atoms with van der Waals surface area (Å²) in [4.78, 5) is 10.8. The number of benzene rings is 1. The molecular formula is C11H13FN2O3S. The van der Waals surface area contributed by atoms with Gasteiger partial charge in [-0.25, -0.2) is 12.8 Å². The number of amides is 1. The third kappa shape index (κ3) is 2.79. The normalized spacial score (nSPS) is 19.8. The van der Waals surface area contributed by atoms with Crippen LogP contribution in [-0.2, 0) is 14.6 Å². The molecule has 98 valence electrons. The van der Waals surface area contributed by atoms with E-state index in [-0.39, 0.29) is 22.2 Å². The first-order chi connectivity index (χ1) is 8.37. The molecule has 1 aliphatic rings. The third-order valence-electron chi connectivity index (χ3n) is 2.76. The molecule has 3 N–H and O–H groups in total. The van der Waals surface area contributed by atoms with E-state index in [1.54, 1.807) is 0 Å². The van der Waals surface area contributed by atoms with Gasteiger partial charge in [0.25, 0.3) is 0 Å². The number of halogens is 1. The Bertz CT molecular complexity index is 566. The molecule has 7 heteroatoms. The third-order valence-corrected chi connectivity index (χ3v) is 4.55. The van der Waals surface area contributed by atoms with E-state index in [2.05, 4.69) is 5.32 Å². The van der Waals surface area contributed by atoms with Gasteiger partial charge in [0.15, 0.2) is 9.84 Å². The van der Waals surface area contributed by atoms with Crippen molar-refractivity contribution in [2.24, 2.45) is 0 Å². The van der Waals surface area contributed by atoms with Crippen LogP contribution in [0.4, 0.5) is 10.1 Å². The summed E-state index contributed by atoms with van der Waals surface area (Å²) in [5.74, 6) is -1.08. The van der Waals surface area contributed by atoms with Crippen LogP contribution >= 0.6 is 0 Å². The molecule has 1 fully saturated rings. The van der Waals surface area contributed by atoms with Gasteiger partial charge in [0.2, 0.25) is 5.91 Å². The monoisotopic (exact) mass is 272 g/mol. The van der Waals surface area contributed by atoms with Crippen LogP contribution in [0.2, 0.25) is 0 Å². The lowest BCUT2D eigenvalue weighted by Gasteiger charge is -2.11. The van der Waals surface area contributed by atoms with Crippen molar-refractivity contribution in [3.05, 3.63) is 24.0 Å². The first-order valence-corrected chi connectivity index (χ1v) is 7.10. The highest BCUT2D eigenvalue weighted by molar-refractivity contribution is 7.91. The maximum atomic E-state index is 13.1. The summed E-state index contributed by atoms with van der Waals surface area (Å²) in [5, 5.41) is 2.57. The molecule has 0 aromatic heterocycles. The van der Waals surface area contributed by atoms with Crippen LogP contribution in [0.15, 0.2) is 23.1 Å². The van der Waals surface area contributed by atoms with Crippen molar-refractivity contribution in [3.63, 3.8) is 0 Å². The zero-order valence-electron chi connectivity index (χ0n) is 9.52. The van der Waals surface area contributed by atoms with Crippen molar-refractivity contribution in [2.45, 2.75) is 23.8 Å². The molecule has 1 atom stereocenters. The fraction of sp³-hybridized carbons (Fsp3) is 0.364. The highest BCUT2D eigenvalue weighted by Crippen LogP contribution is 2.19. The van der Waals surface area contributed by atoms with Crippen LogP contribution in [-0.4, -0.2) is 26.1 Å². The topological polar surface area (TPSA) is 89.3 Å². The number of nitrogens with two attached hydrogens (primary N) is 1. The maximum absolute atomic E-state index is 13.1. The zero-order valence-corrected chi connectivity index (χ0v) is 10.3. The zero-order chi connectivity index (χ0) is 13.3. The van der Waals surface area contributed by atoms with Crippen molar-refractivity contribution in [1.29, 1.82) is 0 Å². The van der Waals surface area contributed by atoms with Crippen molar-refractivity contribution < 1.29 is 17.6 Å². The summed E-state index contributed by atoms with van der Waals surface area (Å²) in [6, 6.07) is 2.79. The van der Waals surface area contributed by atoms with Crippen LogP contribution in [0.3, 0.4) is 0 Å². The Balaban J connectivity index is 2.22. The lowest BCUT2D eigenvalue weighted by Crippen LogP contribution is -2.32. The van der Waals surface area contributed by atoms with Gasteiger partial charge >= 0.3 is 0 Å². The van der Waals surface area contributed by atoms with Crippen LogP contribution in [0, 0.1) is 5.82 Å². The standard InChI is InChI=1S/C11H13FN2O3S/c12-7-3-8(13)5-10(4-7)18(16,17)6-9-1-2-11(15)14-9/h3-5,9H,1-2,6,13H2,(H,14,15). The van der Waals surface area contributed by atoms with Crippen molar-refractivity contribution >= 4 is 21.4 Å². The number of sulfone groups is 1. The Morgan fingerprint density at radius 2 is 2.11 bits per heavy atom. The SMILES string of the molecule is Nc1cc(F)cc(S(=O)(=O)CC2CCC(=O)N2)c1. The number of carbonyl (C=O) groups excluding carboxylic acids is 1. The number of nitrogen functional groups attached to an aromatic ring is 1. The molecule has 0 saturated carbocycles. The fourth-order valence-electron chi connectivity index (χ4n) is 1.93. The predicted molar refractivity (Wildman–Crippen MR) is 64.0 cm³/mol. The number of rotatable bonds is 3. The molecule has 2 rings (SSSR count). The number of nitrogens with one attached hydrogen (secondary N) is 1. The molecule has 0 bridgehead atoms. The highest BCUT2D eigenvalue weighted by atomic mass is 32.2. The average molecular weight is 272 g/mol. The summed E-state index contributed by atoms with van der Waals surface area (Å²) >= 11 is 0. The molecule has 1 saturated heterocycles. The lowest BCUT2D eigenvalue weighted by molar-refractivity contribution is -0.119. The van der Waals surface area contributed by atoms with Crippen molar-refractivity contribution in [3.8, 4) is 0 Å². The Hall–Kier alpha value is -1.63. The van der Waals surface area contributed by atoms with Crippen LogP contribution < -0.4 is 11.1 Å². The van der Waals surface area contributed by atoms with Gasteiger partial charge in [-0.3, -0.25) is 4.79 Å².